The minimum absolute atomic E-state index is 0.102. The number of benzene rings is 1. The van der Waals surface area contributed by atoms with Crippen molar-refractivity contribution in [3.05, 3.63) is 29.8 Å². The van der Waals surface area contributed by atoms with Gasteiger partial charge in [0, 0.05) is 24.0 Å². The molecule has 0 saturated carbocycles. The zero-order chi connectivity index (χ0) is 16.2. The molecule has 0 aromatic heterocycles. The number of nitrogens with one attached hydrogen (secondary N) is 1. The van der Waals surface area contributed by atoms with E-state index in [0.717, 1.165) is 42.3 Å². The molecule has 122 valence electrons. The summed E-state index contributed by atoms with van der Waals surface area (Å²) in [7, 11) is 0. The van der Waals surface area contributed by atoms with Crippen LogP contribution >= 0.6 is 11.8 Å². The lowest BCUT2D eigenvalue weighted by Crippen LogP contribution is -2.46. The molecule has 3 nitrogen and oxygen atoms in total. The first-order chi connectivity index (χ1) is 10.4. The second-order valence-electron chi connectivity index (χ2n) is 7.07. The number of rotatable bonds is 5. The fraction of sp³-hybridized carbons (Fsp3) is 0.611. The second-order valence-corrected chi connectivity index (χ2v) is 8.38. The molecule has 1 heterocycles. The van der Waals surface area contributed by atoms with Crippen LogP contribution in [0.3, 0.4) is 0 Å². The third kappa shape index (κ3) is 4.50. The number of hydrogen-bond acceptors (Lipinski definition) is 3. The Labute approximate surface area is 138 Å². The van der Waals surface area contributed by atoms with Crippen molar-refractivity contribution in [2.24, 2.45) is 5.41 Å². The molecule has 0 bridgehead atoms. The SMILES string of the molecule is CCSc1ccccc1C(=O)N(CC(C)(C)C)[C@H]1CCNC1. The van der Waals surface area contributed by atoms with Gasteiger partial charge in [0.2, 0.25) is 0 Å². The lowest BCUT2D eigenvalue weighted by Gasteiger charge is -2.34. The highest BCUT2D eigenvalue weighted by Gasteiger charge is 2.31. The van der Waals surface area contributed by atoms with Crippen molar-refractivity contribution in [3.8, 4) is 0 Å². The van der Waals surface area contributed by atoms with Crippen LogP contribution in [0.4, 0.5) is 0 Å². The van der Waals surface area contributed by atoms with E-state index >= 15 is 0 Å². The second kappa shape index (κ2) is 7.51. The van der Waals surface area contributed by atoms with Gasteiger partial charge in [0.15, 0.2) is 0 Å². The number of carbonyl (C=O) groups is 1. The van der Waals surface area contributed by atoms with Crippen molar-refractivity contribution in [2.75, 3.05) is 25.4 Å². The third-order valence-electron chi connectivity index (χ3n) is 3.80. The Kier molecular flexibility index (Phi) is 5.93. The monoisotopic (exact) mass is 320 g/mol. The maximum Gasteiger partial charge on any atom is 0.255 e. The van der Waals surface area contributed by atoms with Crippen LogP contribution in [0, 0.1) is 5.41 Å². The van der Waals surface area contributed by atoms with E-state index in [4.69, 9.17) is 0 Å². The van der Waals surface area contributed by atoms with Gasteiger partial charge in [-0.2, -0.15) is 0 Å². The first kappa shape index (κ1) is 17.4. The highest BCUT2D eigenvalue weighted by Crippen LogP contribution is 2.27. The van der Waals surface area contributed by atoms with E-state index in [2.05, 4.69) is 44.0 Å². The Balaban J connectivity index is 2.28. The van der Waals surface area contributed by atoms with Crippen molar-refractivity contribution in [3.63, 3.8) is 0 Å². The third-order valence-corrected chi connectivity index (χ3v) is 4.75. The molecular formula is C18H28N2OS. The van der Waals surface area contributed by atoms with Gasteiger partial charge in [-0.05, 0) is 36.3 Å². The molecule has 4 heteroatoms. The standard InChI is InChI=1S/C18H28N2OS/c1-5-22-16-9-7-6-8-15(16)17(21)20(13-18(2,3)4)14-10-11-19-12-14/h6-9,14,19H,5,10-13H2,1-4H3/t14-/m0/s1. The summed E-state index contributed by atoms with van der Waals surface area (Å²) in [6.07, 6.45) is 1.05. The molecule has 1 fully saturated rings. The number of amides is 1. The molecule has 1 aliphatic heterocycles. The highest BCUT2D eigenvalue weighted by atomic mass is 32.2. The Morgan fingerprint density at radius 3 is 2.68 bits per heavy atom. The van der Waals surface area contributed by atoms with Gasteiger partial charge < -0.3 is 10.2 Å². The summed E-state index contributed by atoms with van der Waals surface area (Å²) in [5.74, 6) is 1.16. The maximum atomic E-state index is 13.2. The van der Waals surface area contributed by atoms with Crippen LogP contribution in [-0.2, 0) is 0 Å². The summed E-state index contributed by atoms with van der Waals surface area (Å²) in [4.78, 5) is 16.4. The Morgan fingerprint density at radius 2 is 2.09 bits per heavy atom. The average molecular weight is 321 g/mol. The largest absolute Gasteiger partial charge is 0.334 e. The number of thioether (sulfide) groups is 1. The van der Waals surface area contributed by atoms with Crippen LogP contribution in [0.15, 0.2) is 29.2 Å². The summed E-state index contributed by atoms with van der Waals surface area (Å²) in [6, 6.07) is 8.32. The molecular weight excluding hydrogens is 292 g/mol. The van der Waals surface area contributed by atoms with E-state index in [1.165, 1.54) is 0 Å². The van der Waals surface area contributed by atoms with Gasteiger partial charge >= 0.3 is 0 Å². The van der Waals surface area contributed by atoms with Gasteiger partial charge in [0.25, 0.3) is 5.91 Å². The summed E-state index contributed by atoms with van der Waals surface area (Å²) in [5, 5.41) is 3.39. The zero-order valence-corrected chi connectivity index (χ0v) is 15.0. The smallest absolute Gasteiger partial charge is 0.255 e. The number of hydrogen-bond donors (Lipinski definition) is 1. The van der Waals surface area contributed by atoms with Crippen molar-refractivity contribution in [1.29, 1.82) is 0 Å². The minimum Gasteiger partial charge on any atom is -0.334 e. The van der Waals surface area contributed by atoms with Crippen molar-refractivity contribution >= 4 is 17.7 Å². The molecule has 1 aromatic carbocycles. The molecule has 2 rings (SSSR count). The van der Waals surface area contributed by atoms with E-state index < -0.39 is 0 Å². The molecule has 0 spiro atoms. The normalized spacial score (nSPS) is 18.5. The Hall–Kier alpha value is -1.00. The Morgan fingerprint density at radius 1 is 1.36 bits per heavy atom. The summed E-state index contributed by atoms with van der Waals surface area (Å²) in [5.41, 5.74) is 0.955. The van der Waals surface area contributed by atoms with Crippen LogP contribution in [0.2, 0.25) is 0 Å². The molecule has 0 unspecified atom stereocenters. The van der Waals surface area contributed by atoms with E-state index in [1.807, 2.05) is 18.2 Å². The molecule has 1 saturated heterocycles. The maximum absolute atomic E-state index is 13.2. The average Bonchev–Trinajstić information content (AvgIpc) is 2.98. The quantitative estimate of drug-likeness (QED) is 0.841. The predicted octanol–water partition coefficient (Wildman–Crippen LogP) is 3.65. The molecule has 22 heavy (non-hydrogen) atoms. The number of carbonyl (C=O) groups excluding carboxylic acids is 1. The first-order valence-corrected chi connectivity index (χ1v) is 9.14. The van der Waals surface area contributed by atoms with Crippen LogP contribution < -0.4 is 5.32 Å². The molecule has 1 aliphatic rings. The van der Waals surface area contributed by atoms with Crippen LogP contribution in [-0.4, -0.2) is 42.2 Å². The molecule has 1 amide bonds. The fourth-order valence-electron chi connectivity index (χ4n) is 2.86. The lowest BCUT2D eigenvalue weighted by molar-refractivity contribution is 0.0611. The van der Waals surface area contributed by atoms with Gasteiger partial charge in [-0.3, -0.25) is 4.79 Å². The Bertz CT molecular complexity index is 504. The van der Waals surface area contributed by atoms with Gasteiger partial charge in [-0.15, -0.1) is 11.8 Å². The minimum atomic E-state index is 0.102. The number of nitrogens with zero attached hydrogens (tertiary/aromatic N) is 1. The van der Waals surface area contributed by atoms with Crippen molar-refractivity contribution in [2.45, 2.75) is 45.1 Å². The summed E-state index contributed by atoms with van der Waals surface area (Å²) >= 11 is 1.75. The zero-order valence-electron chi connectivity index (χ0n) is 14.2. The van der Waals surface area contributed by atoms with Gasteiger partial charge in [0.1, 0.15) is 0 Å². The fourth-order valence-corrected chi connectivity index (χ4v) is 3.66. The predicted molar refractivity (Wildman–Crippen MR) is 94.6 cm³/mol. The van der Waals surface area contributed by atoms with E-state index in [0.29, 0.717) is 6.04 Å². The highest BCUT2D eigenvalue weighted by molar-refractivity contribution is 7.99. The van der Waals surface area contributed by atoms with E-state index in [-0.39, 0.29) is 11.3 Å². The molecule has 1 aromatic rings. The lowest BCUT2D eigenvalue weighted by atomic mass is 9.94. The van der Waals surface area contributed by atoms with Crippen molar-refractivity contribution in [1.82, 2.24) is 10.2 Å². The van der Waals surface area contributed by atoms with E-state index in [9.17, 15) is 4.79 Å². The molecule has 1 atom stereocenters. The molecule has 1 N–H and O–H groups in total. The van der Waals surface area contributed by atoms with Crippen molar-refractivity contribution < 1.29 is 4.79 Å². The van der Waals surface area contributed by atoms with Crippen LogP contribution in [0.1, 0.15) is 44.5 Å². The van der Waals surface area contributed by atoms with Gasteiger partial charge in [-0.25, -0.2) is 0 Å². The van der Waals surface area contributed by atoms with Crippen LogP contribution in [0.25, 0.3) is 0 Å². The van der Waals surface area contributed by atoms with E-state index in [1.54, 1.807) is 11.8 Å². The van der Waals surface area contributed by atoms with Gasteiger partial charge in [0.05, 0.1) is 5.56 Å². The van der Waals surface area contributed by atoms with Crippen LogP contribution in [0.5, 0.6) is 0 Å². The summed E-state index contributed by atoms with van der Waals surface area (Å²) < 4.78 is 0. The topological polar surface area (TPSA) is 32.3 Å². The molecule has 0 aliphatic carbocycles. The molecule has 0 radical (unpaired) electrons. The first-order valence-electron chi connectivity index (χ1n) is 8.16. The summed E-state index contributed by atoms with van der Waals surface area (Å²) in [6.45, 7) is 11.4. The van der Waals surface area contributed by atoms with Gasteiger partial charge in [-0.1, -0.05) is 39.8 Å².